The summed E-state index contributed by atoms with van der Waals surface area (Å²) in [5, 5.41) is 11.2. The summed E-state index contributed by atoms with van der Waals surface area (Å²) in [5.74, 6) is -0.845. The van der Waals surface area contributed by atoms with E-state index in [0.29, 0.717) is 22.4 Å². The minimum Gasteiger partial charge on any atom is -0.507 e. The molecule has 1 aromatic heterocycles. The van der Waals surface area contributed by atoms with Gasteiger partial charge in [-0.3, -0.25) is 14.5 Å². The molecule has 1 fully saturated rings. The van der Waals surface area contributed by atoms with Crippen molar-refractivity contribution in [2.75, 3.05) is 4.90 Å². The largest absolute Gasteiger partial charge is 0.507 e. The second-order valence-electron chi connectivity index (χ2n) is 8.85. The van der Waals surface area contributed by atoms with Gasteiger partial charge in [0.05, 0.1) is 28.8 Å². The number of ether oxygens (including phenoxy) is 1. The van der Waals surface area contributed by atoms with Crippen molar-refractivity contribution in [3.05, 3.63) is 95.1 Å². The van der Waals surface area contributed by atoms with Crippen LogP contribution < -0.4 is 9.64 Å². The summed E-state index contributed by atoms with van der Waals surface area (Å²) < 4.78 is 5.75. The molecule has 0 aliphatic carbocycles. The number of rotatable bonds is 5. The van der Waals surface area contributed by atoms with Crippen LogP contribution in [0.3, 0.4) is 0 Å². The topological polar surface area (TPSA) is 95.5 Å². The van der Waals surface area contributed by atoms with Gasteiger partial charge in [0.15, 0.2) is 0 Å². The predicted octanol–water partition coefficient (Wildman–Crippen LogP) is 5.28. The van der Waals surface area contributed by atoms with Gasteiger partial charge in [-0.05, 0) is 56.2 Å². The zero-order valence-electron chi connectivity index (χ0n) is 19.6. The number of imidazole rings is 1. The fourth-order valence-electron chi connectivity index (χ4n) is 4.34. The molecular weight excluding hydrogens is 442 g/mol. The number of aryl methyl sites for hydroxylation is 1. The van der Waals surface area contributed by atoms with Crippen molar-refractivity contribution in [1.29, 1.82) is 0 Å². The number of aromatic amines is 1. The third-order valence-electron chi connectivity index (χ3n) is 5.91. The average Bonchev–Trinajstić information content (AvgIpc) is 3.37. The standard InChI is InChI=1S/C28H25N3O4/c1-16(2)35-20-12-10-18(11-13-20)24-23(25(32)19-7-5-4-6-8-19)26(33)27(34)31(24)28-29-21-14-9-17(3)15-22(21)30-28/h4-16,24,32H,1-3H3,(H,29,30)/b25-23+. The minimum absolute atomic E-state index is 0.00331. The molecule has 1 atom stereocenters. The molecule has 1 unspecified atom stereocenters. The zero-order valence-corrected chi connectivity index (χ0v) is 19.6. The maximum atomic E-state index is 13.3. The second-order valence-corrected chi connectivity index (χ2v) is 8.85. The van der Waals surface area contributed by atoms with Gasteiger partial charge in [0, 0.05) is 5.56 Å². The van der Waals surface area contributed by atoms with Crippen molar-refractivity contribution in [3.8, 4) is 5.75 Å². The molecule has 1 saturated heterocycles. The number of fused-ring (bicyclic) bond motifs is 1. The normalized spacial score (nSPS) is 17.5. The van der Waals surface area contributed by atoms with Crippen LogP contribution in [0.25, 0.3) is 16.8 Å². The number of aliphatic hydroxyl groups is 1. The molecule has 0 bridgehead atoms. The van der Waals surface area contributed by atoms with Gasteiger partial charge >= 0.3 is 5.91 Å². The highest BCUT2D eigenvalue weighted by molar-refractivity contribution is 6.51. The lowest BCUT2D eigenvalue weighted by atomic mass is 9.95. The summed E-state index contributed by atoms with van der Waals surface area (Å²) in [4.78, 5) is 35.7. The van der Waals surface area contributed by atoms with Crippen LogP contribution in [0.4, 0.5) is 5.95 Å². The lowest BCUT2D eigenvalue weighted by Crippen LogP contribution is -2.30. The van der Waals surface area contributed by atoms with Gasteiger partial charge in [0.2, 0.25) is 5.95 Å². The molecule has 1 aliphatic heterocycles. The molecule has 7 nitrogen and oxygen atoms in total. The van der Waals surface area contributed by atoms with Gasteiger partial charge in [0.1, 0.15) is 11.5 Å². The van der Waals surface area contributed by atoms with E-state index in [9.17, 15) is 14.7 Å². The van der Waals surface area contributed by atoms with Crippen LogP contribution in [0.2, 0.25) is 0 Å². The van der Waals surface area contributed by atoms with E-state index in [2.05, 4.69) is 9.97 Å². The minimum atomic E-state index is -0.870. The number of carbonyl (C=O) groups is 2. The van der Waals surface area contributed by atoms with E-state index in [1.165, 1.54) is 4.90 Å². The SMILES string of the molecule is Cc1ccc2nc(N3C(=O)C(=O)/C(=C(/O)c4ccccc4)C3c3ccc(OC(C)C)cc3)[nH]c2c1. The first kappa shape index (κ1) is 22.4. The highest BCUT2D eigenvalue weighted by Gasteiger charge is 2.48. The Morgan fingerprint density at radius 2 is 1.74 bits per heavy atom. The smallest absolute Gasteiger partial charge is 0.302 e. The van der Waals surface area contributed by atoms with Gasteiger partial charge in [0.25, 0.3) is 5.78 Å². The number of carbonyl (C=O) groups excluding carboxylic acids is 2. The summed E-state index contributed by atoms with van der Waals surface area (Å²) in [5.41, 5.74) is 3.58. The summed E-state index contributed by atoms with van der Waals surface area (Å²) in [6, 6.07) is 20.8. The molecule has 1 aliphatic rings. The van der Waals surface area contributed by atoms with Gasteiger partial charge in [-0.25, -0.2) is 4.98 Å². The summed E-state index contributed by atoms with van der Waals surface area (Å²) in [6.07, 6.45) is 0.00331. The fraction of sp³-hybridized carbons (Fsp3) is 0.179. The number of anilines is 1. The van der Waals surface area contributed by atoms with Crippen LogP contribution in [-0.4, -0.2) is 32.9 Å². The highest BCUT2D eigenvalue weighted by atomic mass is 16.5. The Balaban J connectivity index is 1.68. The first-order chi connectivity index (χ1) is 16.8. The Hall–Kier alpha value is -4.39. The molecule has 1 amide bonds. The quantitative estimate of drug-likeness (QED) is 0.236. The highest BCUT2D eigenvalue weighted by Crippen LogP contribution is 2.42. The Morgan fingerprint density at radius 1 is 1.03 bits per heavy atom. The van der Waals surface area contributed by atoms with E-state index >= 15 is 0 Å². The number of nitrogens with zero attached hydrogens (tertiary/aromatic N) is 2. The number of aromatic nitrogens is 2. The first-order valence-electron chi connectivity index (χ1n) is 11.4. The van der Waals surface area contributed by atoms with Crippen molar-refractivity contribution in [3.63, 3.8) is 0 Å². The fourth-order valence-corrected chi connectivity index (χ4v) is 4.34. The van der Waals surface area contributed by atoms with Crippen LogP contribution in [-0.2, 0) is 9.59 Å². The van der Waals surface area contributed by atoms with Crippen LogP contribution in [0, 0.1) is 6.92 Å². The number of nitrogens with one attached hydrogen (secondary N) is 1. The molecular formula is C28H25N3O4. The second kappa shape index (κ2) is 8.76. The summed E-state index contributed by atoms with van der Waals surface area (Å²) in [7, 11) is 0. The van der Waals surface area contributed by atoms with Gasteiger partial charge in [-0.2, -0.15) is 0 Å². The number of aliphatic hydroxyl groups excluding tert-OH is 1. The maximum Gasteiger partial charge on any atom is 0.302 e. The molecule has 176 valence electrons. The van der Waals surface area contributed by atoms with E-state index in [0.717, 1.165) is 11.1 Å². The van der Waals surface area contributed by atoms with Crippen molar-refractivity contribution in [2.45, 2.75) is 32.9 Å². The Labute approximate surface area is 202 Å². The molecule has 3 aromatic carbocycles. The molecule has 2 N–H and O–H groups in total. The number of benzene rings is 3. The van der Waals surface area contributed by atoms with Crippen LogP contribution >= 0.6 is 0 Å². The van der Waals surface area contributed by atoms with Crippen molar-refractivity contribution >= 4 is 34.4 Å². The lowest BCUT2D eigenvalue weighted by molar-refractivity contribution is -0.132. The van der Waals surface area contributed by atoms with Gasteiger partial charge in [-0.1, -0.05) is 48.5 Å². The van der Waals surface area contributed by atoms with Crippen molar-refractivity contribution < 1.29 is 19.4 Å². The van der Waals surface area contributed by atoms with Gasteiger partial charge in [-0.15, -0.1) is 0 Å². The molecule has 35 heavy (non-hydrogen) atoms. The van der Waals surface area contributed by atoms with E-state index < -0.39 is 17.7 Å². The van der Waals surface area contributed by atoms with E-state index in [1.54, 1.807) is 48.5 Å². The molecule has 0 saturated carbocycles. The molecule has 5 rings (SSSR count). The predicted molar refractivity (Wildman–Crippen MR) is 134 cm³/mol. The molecule has 0 spiro atoms. The number of H-pyrrole nitrogens is 1. The zero-order chi connectivity index (χ0) is 24.7. The number of amides is 1. The van der Waals surface area contributed by atoms with E-state index in [-0.39, 0.29) is 23.4 Å². The van der Waals surface area contributed by atoms with Crippen LogP contribution in [0.5, 0.6) is 5.75 Å². The molecule has 2 heterocycles. The summed E-state index contributed by atoms with van der Waals surface area (Å²) >= 11 is 0. The monoisotopic (exact) mass is 467 g/mol. The third-order valence-corrected chi connectivity index (χ3v) is 5.91. The molecule has 7 heteroatoms. The average molecular weight is 468 g/mol. The van der Waals surface area contributed by atoms with Crippen LogP contribution in [0.1, 0.15) is 36.6 Å². The van der Waals surface area contributed by atoms with E-state index in [4.69, 9.17) is 4.74 Å². The molecule has 4 aromatic rings. The Bertz CT molecular complexity index is 1450. The number of ketones is 1. The maximum absolute atomic E-state index is 13.3. The number of hydrogen-bond donors (Lipinski definition) is 2. The lowest BCUT2D eigenvalue weighted by Gasteiger charge is -2.23. The van der Waals surface area contributed by atoms with Crippen molar-refractivity contribution in [2.24, 2.45) is 0 Å². The van der Waals surface area contributed by atoms with Crippen molar-refractivity contribution in [1.82, 2.24) is 9.97 Å². The van der Waals surface area contributed by atoms with E-state index in [1.807, 2.05) is 45.0 Å². The number of hydrogen-bond acceptors (Lipinski definition) is 5. The van der Waals surface area contributed by atoms with Gasteiger partial charge < -0.3 is 14.8 Å². The summed E-state index contributed by atoms with van der Waals surface area (Å²) in [6.45, 7) is 5.84. The Morgan fingerprint density at radius 3 is 2.43 bits per heavy atom. The van der Waals surface area contributed by atoms with Crippen LogP contribution in [0.15, 0.2) is 78.4 Å². The first-order valence-corrected chi connectivity index (χ1v) is 11.4. The molecule has 0 radical (unpaired) electrons. The third kappa shape index (κ3) is 4.05. The Kier molecular flexibility index (Phi) is 5.61. The number of Topliss-reactive ketones (excluding diaryl/α,β-unsaturated/α-hetero) is 1.